The Bertz CT molecular complexity index is 302. The summed E-state index contributed by atoms with van der Waals surface area (Å²) in [4.78, 5) is 0. The second-order valence-electron chi connectivity index (χ2n) is 5.16. The number of rotatable bonds is 7. The minimum atomic E-state index is 0.314. The third-order valence-electron chi connectivity index (χ3n) is 3.65. The van der Waals surface area contributed by atoms with Crippen LogP contribution < -0.4 is 5.73 Å². The van der Waals surface area contributed by atoms with Gasteiger partial charge < -0.3 is 5.73 Å². The summed E-state index contributed by atoms with van der Waals surface area (Å²) < 4.78 is 0. The highest BCUT2D eigenvalue weighted by molar-refractivity contribution is 5.22. The number of unbranched alkanes of at least 4 members (excludes halogenated alkanes) is 1. The van der Waals surface area contributed by atoms with E-state index in [1.807, 2.05) is 0 Å². The van der Waals surface area contributed by atoms with Gasteiger partial charge in [0, 0.05) is 6.04 Å². The summed E-state index contributed by atoms with van der Waals surface area (Å²) >= 11 is 0. The van der Waals surface area contributed by atoms with Gasteiger partial charge in [-0.2, -0.15) is 0 Å². The van der Waals surface area contributed by atoms with E-state index >= 15 is 0 Å². The quantitative estimate of drug-likeness (QED) is 0.754. The van der Waals surface area contributed by atoms with Crippen LogP contribution in [0, 0.1) is 12.8 Å². The van der Waals surface area contributed by atoms with Crippen LogP contribution in [-0.4, -0.2) is 6.04 Å². The van der Waals surface area contributed by atoms with Crippen molar-refractivity contribution >= 4 is 0 Å². The molecule has 2 atom stereocenters. The molecule has 1 nitrogen and oxygen atoms in total. The van der Waals surface area contributed by atoms with Gasteiger partial charge in [-0.05, 0) is 31.2 Å². The summed E-state index contributed by atoms with van der Waals surface area (Å²) in [6.45, 7) is 6.63. The lowest BCUT2D eigenvalue weighted by Crippen LogP contribution is -2.32. The van der Waals surface area contributed by atoms with Crippen molar-refractivity contribution in [1.82, 2.24) is 0 Å². The topological polar surface area (TPSA) is 26.0 Å². The van der Waals surface area contributed by atoms with E-state index in [0.29, 0.717) is 12.0 Å². The van der Waals surface area contributed by atoms with Gasteiger partial charge in [0.05, 0.1) is 0 Å². The van der Waals surface area contributed by atoms with E-state index in [1.54, 1.807) is 0 Å². The zero-order chi connectivity index (χ0) is 12.7. The predicted octanol–water partition coefficient (Wildman–Crippen LogP) is 4.08. The molecule has 0 saturated heterocycles. The molecule has 0 radical (unpaired) electrons. The van der Waals surface area contributed by atoms with Crippen LogP contribution in [-0.2, 0) is 6.42 Å². The Kier molecular flexibility index (Phi) is 6.28. The first-order chi connectivity index (χ1) is 8.17. The highest BCUT2D eigenvalue weighted by atomic mass is 14.6. The smallest absolute Gasteiger partial charge is 0.0108 e. The summed E-state index contributed by atoms with van der Waals surface area (Å²) in [5.41, 5.74) is 9.03. The molecule has 1 aromatic carbocycles. The summed E-state index contributed by atoms with van der Waals surface area (Å²) in [5, 5.41) is 0. The van der Waals surface area contributed by atoms with Crippen LogP contribution in [0.5, 0.6) is 0 Å². The van der Waals surface area contributed by atoms with Gasteiger partial charge in [-0.3, -0.25) is 0 Å². The number of aryl methyl sites for hydroxylation is 1. The van der Waals surface area contributed by atoms with Crippen LogP contribution in [0.1, 0.15) is 50.7 Å². The number of hydrogen-bond donors (Lipinski definition) is 1. The summed E-state index contributed by atoms with van der Waals surface area (Å²) in [6, 6.07) is 9.09. The zero-order valence-corrected chi connectivity index (χ0v) is 11.6. The molecular weight excluding hydrogens is 206 g/mol. The molecular formula is C16H27N. The molecule has 0 aromatic heterocycles. The van der Waals surface area contributed by atoms with Gasteiger partial charge in [-0.15, -0.1) is 0 Å². The summed E-state index contributed by atoms with van der Waals surface area (Å²) in [6.07, 6.45) is 6.07. The molecule has 1 heteroatoms. The lowest BCUT2D eigenvalue weighted by atomic mass is 9.88. The molecule has 0 aliphatic heterocycles. The van der Waals surface area contributed by atoms with E-state index in [-0.39, 0.29) is 0 Å². The second-order valence-corrected chi connectivity index (χ2v) is 5.16. The Hall–Kier alpha value is -0.820. The minimum absolute atomic E-state index is 0.314. The average molecular weight is 233 g/mol. The molecule has 2 N–H and O–H groups in total. The third-order valence-corrected chi connectivity index (χ3v) is 3.65. The second kappa shape index (κ2) is 7.50. The molecule has 1 aromatic rings. The van der Waals surface area contributed by atoms with Crippen molar-refractivity contribution in [2.24, 2.45) is 11.7 Å². The van der Waals surface area contributed by atoms with Gasteiger partial charge in [0.1, 0.15) is 0 Å². The first-order valence-corrected chi connectivity index (χ1v) is 6.98. The molecule has 0 spiro atoms. The van der Waals surface area contributed by atoms with E-state index in [1.165, 1.54) is 36.8 Å². The largest absolute Gasteiger partial charge is 0.327 e. The van der Waals surface area contributed by atoms with Gasteiger partial charge >= 0.3 is 0 Å². The van der Waals surface area contributed by atoms with Gasteiger partial charge in [0.15, 0.2) is 0 Å². The Balaban J connectivity index is 2.51. The maximum atomic E-state index is 6.34. The van der Waals surface area contributed by atoms with Crippen molar-refractivity contribution in [1.29, 1.82) is 0 Å². The molecule has 1 rings (SSSR count). The molecule has 0 saturated carbocycles. The van der Waals surface area contributed by atoms with Crippen molar-refractivity contribution in [2.75, 3.05) is 0 Å². The highest BCUT2D eigenvalue weighted by Crippen LogP contribution is 2.18. The molecule has 2 unspecified atom stereocenters. The van der Waals surface area contributed by atoms with E-state index in [0.717, 1.165) is 6.42 Å². The third kappa shape index (κ3) is 4.91. The van der Waals surface area contributed by atoms with Crippen molar-refractivity contribution in [3.63, 3.8) is 0 Å². The number of benzene rings is 1. The summed E-state index contributed by atoms with van der Waals surface area (Å²) in [5.74, 6) is 0.677. The SMILES string of the molecule is CCCCC(CC)C(N)Cc1ccc(C)cc1. The lowest BCUT2D eigenvalue weighted by molar-refractivity contribution is 0.369. The fraction of sp³-hybridized carbons (Fsp3) is 0.625. The maximum Gasteiger partial charge on any atom is 0.0108 e. The fourth-order valence-electron chi connectivity index (χ4n) is 2.35. The molecule has 96 valence electrons. The van der Waals surface area contributed by atoms with Crippen LogP contribution in [0.3, 0.4) is 0 Å². The van der Waals surface area contributed by atoms with E-state index < -0.39 is 0 Å². The van der Waals surface area contributed by atoms with Crippen molar-refractivity contribution < 1.29 is 0 Å². The molecule has 0 bridgehead atoms. The van der Waals surface area contributed by atoms with Crippen LogP contribution in [0.2, 0.25) is 0 Å². The van der Waals surface area contributed by atoms with Crippen molar-refractivity contribution in [2.45, 2.75) is 58.9 Å². The van der Waals surface area contributed by atoms with E-state index in [4.69, 9.17) is 5.73 Å². The Morgan fingerprint density at radius 3 is 2.29 bits per heavy atom. The van der Waals surface area contributed by atoms with E-state index in [2.05, 4.69) is 45.0 Å². The highest BCUT2D eigenvalue weighted by Gasteiger charge is 2.15. The predicted molar refractivity (Wildman–Crippen MR) is 76.2 cm³/mol. The fourth-order valence-corrected chi connectivity index (χ4v) is 2.35. The van der Waals surface area contributed by atoms with Gasteiger partial charge in [-0.25, -0.2) is 0 Å². The Labute approximate surface area is 106 Å². The molecule has 0 fully saturated rings. The number of hydrogen-bond acceptors (Lipinski definition) is 1. The summed E-state index contributed by atoms with van der Waals surface area (Å²) in [7, 11) is 0. The minimum Gasteiger partial charge on any atom is -0.327 e. The molecule has 17 heavy (non-hydrogen) atoms. The standard InChI is InChI=1S/C16H27N/c1-4-6-7-15(5-2)16(17)12-14-10-8-13(3)9-11-14/h8-11,15-16H,4-7,12,17H2,1-3H3. The normalized spacial score (nSPS) is 14.6. The van der Waals surface area contributed by atoms with Crippen molar-refractivity contribution in [3.8, 4) is 0 Å². The Morgan fingerprint density at radius 1 is 1.12 bits per heavy atom. The van der Waals surface area contributed by atoms with Gasteiger partial charge in [-0.1, -0.05) is 62.9 Å². The first-order valence-electron chi connectivity index (χ1n) is 6.98. The van der Waals surface area contributed by atoms with Crippen LogP contribution >= 0.6 is 0 Å². The van der Waals surface area contributed by atoms with Crippen molar-refractivity contribution in [3.05, 3.63) is 35.4 Å². The zero-order valence-electron chi connectivity index (χ0n) is 11.6. The van der Waals surface area contributed by atoms with Gasteiger partial charge in [0.25, 0.3) is 0 Å². The number of nitrogens with two attached hydrogens (primary N) is 1. The van der Waals surface area contributed by atoms with Crippen LogP contribution in [0.25, 0.3) is 0 Å². The average Bonchev–Trinajstić information content (AvgIpc) is 2.33. The van der Waals surface area contributed by atoms with Crippen LogP contribution in [0.15, 0.2) is 24.3 Å². The van der Waals surface area contributed by atoms with Crippen LogP contribution in [0.4, 0.5) is 0 Å². The van der Waals surface area contributed by atoms with E-state index in [9.17, 15) is 0 Å². The molecule has 0 amide bonds. The Morgan fingerprint density at radius 2 is 1.76 bits per heavy atom. The molecule has 0 aliphatic carbocycles. The lowest BCUT2D eigenvalue weighted by Gasteiger charge is -2.22. The molecule has 0 heterocycles. The van der Waals surface area contributed by atoms with Gasteiger partial charge in [0.2, 0.25) is 0 Å². The molecule has 0 aliphatic rings. The maximum absolute atomic E-state index is 6.34. The first kappa shape index (κ1) is 14.2. The monoisotopic (exact) mass is 233 g/mol.